The summed E-state index contributed by atoms with van der Waals surface area (Å²) in [4.78, 5) is 19.7. The standard InChI is InChI=1S/C14H13N5O/c15-12(20)11-9-18-14(19-7-6-16-13(11)19)17-8-10-4-2-1-3-5-10/h1-7,9H,8H2,(H2,15,20)(H,17,18). The first kappa shape index (κ1) is 12.2. The van der Waals surface area contributed by atoms with Gasteiger partial charge in [-0.25, -0.2) is 9.97 Å². The maximum atomic E-state index is 11.3. The van der Waals surface area contributed by atoms with E-state index in [9.17, 15) is 4.79 Å². The highest BCUT2D eigenvalue weighted by Crippen LogP contribution is 2.13. The quantitative estimate of drug-likeness (QED) is 0.749. The van der Waals surface area contributed by atoms with E-state index in [1.165, 1.54) is 6.20 Å². The van der Waals surface area contributed by atoms with Crippen LogP contribution in [0.5, 0.6) is 0 Å². The summed E-state index contributed by atoms with van der Waals surface area (Å²) < 4.78 is 1.71. The van der Waals surface area contributed by atoms with E-state index in [1.807, 2.05) is 30.3 Å². The summed E-state index contributed by atoms with van der Waals surface area (Å²) >= 11 is 0. The van der Waals surface area contributed by atoms with Crippen LogP contribution in [-0.2, 0) is 6.54 Å². The molecule has 2 aromatic heterocycles. The van der Waals surface area contributed by atoms with E-state index in [4.69, 9.17) is 5.73 Å². The van der Waals surface area contributed by atoms with Crippen LogP contribution in [0.3, 0.4) is 0 Å². The molecule has 0 aliphatic rings. The number of primary amides is 1. The van der Waals surface area contributed by atoms with Gasteiger partial charge in [0.05, 0.1) is 0 Å². The Labute approximate surface area is 115 Å². The smallest absolute Gasteiger partial charge is 0.254 e. The molecule has 0 aliphatic carbocycles. The highest BCUT2D eigenvalue weighted by Gasteiger charge is 2.11. The number of fused-ring (bicyclic) bond motifs is 1. The molecule has 3 aromatic rings. The summed E-state index contributed by atoms with van der Waals surface area (Å²) in [5.74, 6) is 0.0784. The SMILES string of the molecule is NC(=O)c1cnc(NCc2ccccc2)n2ccnc12. The Morgan fingerprint density at radius 1 is 1.25 bits per heavy atom. The molecular formula is C14H13N5O. The first-order valence-corrected chi connectivity index (χ1v) is 6.15. The summed E-state index contributed by atoms with van der Waals surface area (Å²) in [7, 11) is 0. The second kappa shape index (κ2) is 5.00. The van der Waals surface area contributed by atoms with Gasteiger partial charge in [0.2, 0.25) is 5.95 Å². The number of imidazole rings is 1. The molecule has 6 nitrogen and oxygen atoms in total. The van der Waals surface area contributed by atoms with E-state index < -0.39 is 5.91 Å². The van der Waals surface area contributed by atoms with E-state index in [0.717, 1.165) is 5.56 Å². The number of benzene rings is 1. The average molecular weight is 267 g/mol. The Morgan fingerprint density at radius 2 is 2.05 bits per heavy atom. The lowest BCUT2D eigenvalue weighted by molar-refractivity contribution is 0.100. The number of hydrogen-bond acceptors (Lipinski definition) is 4. The van der Waals surface area contributed by atoms with Gasteiger partial charge in [0, 0.05) is 25.1 Å². The van der Waals surface area contributed by atoms with Crippen LogP contribution in [0.2, 0.25) is 0 Å². The number of rotatable bonds is 4. The Bertz CT molecular complexity index is 751. The number of nitrogens with one attached hydrogen (secondary N) is 1. The minimum absolute atomic E-state index is 0.306. The van der Waals surface area contributed by atoms with Gasteiger partial charge in [0.15, 0.2) is 5.65 Å². The molecule has 100 valence electrons. The van der Waals surface area contributed by atoms with E-state index in [2.05, 4.69) is 15.3 Å². The summed E-state index contributed by atoms with van der Waals surface area (Å²) in [5.41, 5.74) is 7.25. The van der Waals surface area contributed by atoms with Crippen molar-refractivity contribution in [2.24, 2.45) is 5.73 Å². The average Bonchev–Trinajstić information content (AvgIpc) is 2.95. The Morgan fingerprint density at radius 3 is 2.80 bits per heavy atom. The summed E-state index contributed by atoms with van der Waals surface area (Å²) in [6, 6.07) is 9.98. The van der Waals surface area contributed by atoms with Crippen molar-refractivity contribution in [3.63, 3.8) is 0 Å². The molecule has 0 radical (unpaired) electrons. The van der Waals surface area contributed by atoms with Gasteiger partial charge in [-0.2, -0.15) is 0 Å². The van der Waals surface area contributed by atoms with Gasteiger partial charge in [0.1, 0.15) is 5.56 Å². The molecular weight excluding hydrogens is 254 g/mol. The lowest BCUT2D eigenvalue weighted by Crippen LogP contribution is -2.15. The van der Waals surface area contributed by atoms with Crippen LogP contribution in [0.4, 0.5) is 5.95 Å². The van der Waals surface area contributed by atoms with E-state index in [0.29, 0.717) is 23.7 Å². The fraction of sp³-hybridized carbons (Fsp3) is 0.0714. The Balaban J connectivity index is 1.91. The maximum Gasteiger partial charge on any atom is 0.254 e. The predicted octanol–water partition coefficient (Wildman–Crippen LogP) is 1.44. The number of aromatic nitrogens is 3. The fourth-order valence-corrected chi connectivity index (χ4v) is 2.00. The fourth-order valence-electron chi connectivity index (χ4n) is 2.00. The van der Waals surface area contributed by atoms with Crippen molar-refractivity contribution in [2.45, 2.75) is 6.54 Å². The van der Waals surface area contributed by atoms with Crippen LogP contribution >= 0.6 is 0 Å². The van der Waals surface area contributed by atoms with Crippen molar-refractivity contribution >= 4 is 17.5 Å². The summed E-state index contributed by atoms with van der Waals surface area (Å²) in [6.07, 6.45) is 4.79. The van der Waals surface area contributed by atoms with Crippen LogP contribution in [0, 0.1) is 0 Å². The van der Waals surface area contributed by atoms with E-state index in [1.54, 1.807) is 16.8 Å². The third-order valence-corrected chi connectivity index (χ3v) is 2.98. The summed E-state index contributed by atoms with van der Waals surface area (Å²) in [6.45, 7) is 0.636. The molecule has 0 unspecified atom stereocenters. The van der Waals surface area contributed by atoms with Crippen molar-refractivity contribution in [1.82, 2.24) is 14.4 Å². The second-order valence-corrected chi connectivity index (χ2v) is 4.32. The lowest BCUT2D eigenvalue weighted by atomic mass is 10.2. The minimum Gasteiger partial charge on any atom is -0.365 e. The molecule has 20 heavy (non-hydrogen) atoms. The van der Waals surface area contributed by atoms with Crippen LogP contribution in [0.25, 0.3) is 5.65 Å². The van der Waals surface area contributed by atoms with Crippen molar-refractivity contribution in [3.8, 4) is 0 Å². The highest BCUT2D eigenvalue weighted by molar-refractivity contribution is 5.98. The first-order chi connectivity index (χ1) is 9.75. The number of hydrogen-bond donors (Lipinski definition) is 2. The van der Waals surface area contributed by atoms with Gasteiger partial charge >= 0.3 is 0 Å². The predicted molar refractivity (Wildman–Crippen MR) is 75.3 cm³/mol. The van der Waals surface area contributed by atoms with Crippen LogP contribution in [0.15, 0.2) is 48.9 Å². The van der Waals surface area contributed by atoms with Gasteiger partial charge in [-0.15, -0.1) is 0 Å². The van der Waals surface area contributed by atoms with E-state index in [-0.39, 0.29) is 0 Å². The zero-order chi connectivity index (χ0) is 13.9. The number of carbonyl (C=O) groups is 1. The summed E-state index contributed by atoms with van der Waals surface area (Å²) in [5, 5.41) is 3.22. The Kier molecular flexibility index (Phi) is 3.04. The third kappa shape index (κ3) is 2.18. The van der Waals surface area contributed by atoms with Crippen molar-refractivity contribution in [1.29, 1.82) is 0 Å². The normalized spacial score (nSPS) is 10.6. The second-order valence-electron chi connectivity index (χ2n) is 4.32. The lowest BCUT2D eigenvalue weighted by Gasteiger charge is -2.09. The largest absolute Gasteiger partial charge is 0.365 e. The molecule has 1 aromatic carbocycles. The van der Waals surface area contributed by atoms with Crippen LogP contribution in [-0.4, -0.2) is 20.3 Å². The van der Waals surface area contributed by atoms with Gasteiger partial charge in [-0.05, 0) is 5.56 Å². The number of nitrogens with two attached hydrogens (primary N) is 1. The number of amides is 1. The molecule has 0 bridgehead atoms. The minimum atomic E-state index is -0.539. The van der Waals surface area contributed by atoms with Crippen LogP contribution < -0.4 is 11.1 Å². The molecule has 0 spiro atoms. The maximum absolute atomic E-state index is 11.3. The van der Waals surface area contributed by atoms with Crippen molar-refractivity contribution in [3.05, 3.63) is 60.0 Å². The third-order valence-electron chi connectivity index (χ3n) is 2.98. The zero-order valence-corrected chi connectivity index (χ0v) is 10.7. The molecule has 0 saturated heterocycles. The zero-order valence-electron chi connectivity index (χ0n) is 10.7. The van der Waals surface area contributed by atoms with Crippen LogP contribution in [0.1, 0.15) is 15.9 Å². The van der Waals surface area contributed by atoms with Crippen molar-refractivity contribution in [2.75, 3.05) is 5.32 Å². The molecule has 6 heteroatoms. The molecule has 0 fully saturated rings. The molecule has 0 aliphatic heterocycles. The monoisotopic (exact) mass is 267 g/mol. The van der Waals surface area contributed by atoms with E-state index >= 15 is 0 Å². The molecule has 3 rings (SSSR count). The van der Waals surface area contributed by atoms with Gasteiger partial charge in [-0.3, -0.25) is 9.20 Å². The highest BCUT2D eigenvalue weighted by atomic mass is 16.1. The Hall–Kier alpha value is -2.89. The molecule has 3 N–H and O–H groups in total. The van der Waals surface area contributed by atoms with Gasteiger partial charge in [-0.1, -0.05) is 30.3 Å². The molecule has 1 amide bonds. The number of nitrogens with zero attached hydrogens (tertiary/aromatic N) is 3. The number of anilines is 1. The van der Waals surface area contributed by atoms with Crippen molar-refractivity contribution < 1.29 is 4.79 Å². The topological polar surface area (TPSA) is 85.3 Å². The molecule has 0 atom stereocenters. The first-order valence-electron chi connectivity index (χ1n) is 6.15. The molecule has 2 heterocycles. The van der Waals surface area contributed by atoms with Gasteiger partial charge < -0.3 is 11.1 Å². The van der Waals surface area contributed by atoms with Gasteiger partial charge in [0.25, 0.3) is 5.91 Å². The molecule has 0 saturated carbocycles. The number of carbonyl (C=O) groups excluding carboxylic acids is 1.